The van der Waals surface area contributed by atoms with Crippen LogP contribution >= 0.6 is 11.6 Å². The first kappa shape index (κ1) is 19.2. The summed E-state index contributed by atoms with van der Waals surface area (Å²) < 4.78 is 0. The Kier molecular flexibility index (Phi) is 6.35. The Labute approximate surface area is 164 Å². The molecule has 1 saturated heterocycles. The maximum atomic E-state index is 12.6. The van der Waals surface area contributed by atoms with E-state index in [1.807, 2.05) is 36.1 Å². The third-order valence-corrected chi connectivity index (χ3v) is 5.16. The summed E-state index contributed by atoms with van der Waals surface area (Å²) in [6, 6.07) is 12.7. The highest BCUT2D eigenvalue weighted by atomic mass is 35.5. The summed E-state index contributed by atoms with van der Waals surface area (Å²) in [5.74, 6) is -0.120. The Bertz CT molecular complexity index is 832. The molecule has 0 bridgehead atoms. The maximum absolute atomic E-state index is 12.6. The van der Waals surface area contributed by atoms with Crippen LogP contribution in [0.2, 0.25) is 5.02 Å². The van der Waals surface area contributed by atoms with E-state index in [4.69, 9.17) is 11.6 Å². The molecule has 1 heterocycles. The van der Waals surface area contributed by atoms with Gasteiger partial charge in [0.15, 0.2) is 0 Å². The predicted octanol–water partition coefficient (Wildman–Crippen LogP) is 4.33. The SMILES string of the molecule is Cc1c(Cl)cccc1NC(=O)CNc1cccc(C(=O)N2CCCCC2)c1. The number of nitrogens with one attached hydrogen (secondary N) is 2. The minimum atomic E-state index is -0.173. The Morgan fingerprint density at radius 2 is 1.81 bits per heavy atom. The minimum absolute atomic E-state index is 0.0531. The van der Waals surface area contributed by atoms with Crippen molar-refractivity contribution in [2.45, 2.75) is 26.2 Å². The number of benzene rings is 2. The van der Waals surface area contributed by atoms with Crippen LogP contribution in [0, 0.1) is 6.92 Å². The summed E-state index contributed by atoms with van der Waals surface area (Å²) in [6.45, 7) is 3.60. The summed E-state index contributed by atoms with van der Waals surface area (Å²) >= 11 is 6.08. The lowest BCUT2D eigenvalue weighted by atomic mass is 10.1. The fraction of sp³-hybridized carbons (Fsp3) is 0.333. The Balaban J connectivity index is 1.58. The van der Waals surface area contributed by atoms with Crippen LogP contribution in [-0.2, 0) is 4.79 Å². The number of likely N-dealkylation sites (tertiary alicyclic amines) is 1. The number of hydrogen-bond acceptors (Lipinski definition) is 3. The lowest BCUT2D eigenvalue weighted by molar-refractivity contribution is -0.114. The number of halogens is 1. The molecule has 0 atom stereocenters. The molecule has 3 rings (SSSR count). The van der Waals surface area contributed by atoms with E-state index in [0.717, 1.165) is 37.2 Å². The van der Waals surface area contributed by atoms with Crippen LogP contribution in [0.5, 0.6) is 0 Å². The van der Waals surface area contributed by atoms with Gasteiger partial charge in [0.05, 0.1) is 6.54 Å². The fourth-order valence-electron chi connectivity index (χ4n) is 3.16. The third-order valence-electron chi connectivity index (χ3n) is 4.75. The number of rotatable bonds is 5. The second-order valence-electron chi connectivity index (χ2n) is 6.75. The highest BCUT2D eigenvalue weighted by molar-refractivity contribution is 6.31. The number of piperidine rings is 1. The van der Waals surface area contributed by atoms with Gasteiger partial charge in [0.1, 0.15) is 0 Å². The van der Waals surface area contributed by atoms with E-state index in [1.54, 1.807) is 18.2 Å². The lowest BCUT2D eigenvalue weighted by Crippen LogP contribution is -2.35. The maximum Gasteiger partial charge on any atom is 0.253 e. The Morgan fingerprint density at radius 1 is 1.07 bits per heavy atom. The molecule has 2 amide bonds. The quantitative estimate of drug-likeness (QED) is 0.805. The number of carbonyl (C=O) groups is 2. The topological polar surface area (TPSA) is 61.4 Å². The largest absolute Gasteiger partial charge is 0.376 e. The van der Waals surface area contributed by atoms with Crippen molar-refractivity contribution >= 4 is 34.8 Å². The van der Waals surface area contributed by atoms with Crippen molar-refractivity contribution in [2.24, 2.45) is 0 Å². The van der Waals surface area contributed by atoms with Crippen LogP contribution in [-0.4, -0.2) is 36.3 Å². The molecule has 6 heteroatoms. The molecule has 0 aliphatic carbocycles. The van der Waals surface area contributed by atoms with Crippen molar-refractivity contribution in [1.29, 1.82) is 0 Å². The zero-order valence-corrected chi connectivity index (χ0v) is 16.2. The molecular weight excluding hydrogens is 362 g/mol. The molecule has 0 radical (unpaired) electrons. The van der Waals surface area contributed by atoms with Gasteiger partial charge in [0.2, 0.25) is 5.91 Å². The molecule has 2 aromatic rings. The number of carbonyl (C=O) groups excluding carboxylic acids is 2. The predicted molar refractivity (Wildman–Crippen MR) is 110 cm³/mol. The first-order chi connectivity index (χ1) is 13.0. The van der Waals surface area contributed by atoms with Crippen LogP contribution in [0.15, 0.2) is 42.5 Å². The number of hydrogen-bond donors (Lipinski definition) is 2. The molecule has 0 aromatic heterocycles. The summed E-state index contributed by atoms with van der Waals surface area (Å²) in [6.07, 6.45) is 3.31. The van der Waals surface area contributed by atoms with E-state index >= 15 is 0 Å². The molecular formula is C21H24ClN3O2. The summed E-state index contributed by atoms with van der Waals surface area (Å²) in [5, 5.41) is 6.55. The number of nitrogens with zero attached hydrogens (tertiary/aromatic N) is 1. The summed E-state index contributed by atoms with van der Waals surface area (Å²) in [5.41, 5.74) is 2.92. The lowest BCUT2D eigenvalue weighted by Gasteiger charge is -2.26. The average Bonchev–Trinajstić information content (AvgIpc) is 2.70. The van der Waals surface area contributed by atoms with Crippen molar-refractivity contribution in [1.82, 2.24) is 4.90 Å². The third kappa shape index (κ3) is 5.01. The molecule has 0 saturated carbocycles. The van der Waals surface area contributed by atoms with E-state index in [1.165, 1.54) is 6.42 Å². The van der Waals surface area contributed by atoms with E-state index in [-0.39, 0.29) is 18.4 Å². The normalized spacial score (nSPS) is 13.9. The fourth-order valence-corrected chi connectivity index (χ4v) is 3.34. The molecule has 1 aliphatic heterocycles. The van der Waals surface area contributed by atoms with Crippen molar-refractivity contribution in [3.05, 3.63) is 58.6 Å². The van der Waals surface area contributed by atoms with Gasteiger partial charge in [-0.05, 0) is 62.1 Å². The van der Waals surface area contributed by atoms with Gasteiger partial charge in [0.25, 0.3) is 5.91 Å². The summed E-state index contributed by atoms with van der Waals surface area (Å²) in [7, 11) is 0. The van der Waals surface area contributed by atoms with Gasteiger partial charge >= 0.3 is 0 Å². The first-order valence-corrected chi connectivity index (χ1v) is 9.60. The summed E-state index contributed by atoms with van der Waals surface area (Å²) in [4.78, 5) is 26.7. The standard InChI is InChI=1S/C21H24ClN3O2/c1-15-18(22)9-6-10-19(15)24-20(26)14-23-17-8-5-7-16(13-17)21(27)25-11-3-2-4-12-25/h5-10,13,23H,2-4,11-12,14H2,1H3,(H,24,26). The second kappa shape index (κ2) is 8.91. The van der Waals surface area contributed by atoms with Crippen LogP contribution in [0.4, 0.5) is 11.4 Å². The molecule has 142 valence electrons. The van der Waals surface area contributed by atoms with E-state index in [9.17, 15) is 9.59 Å². The van der Waals surface area contributed by atoms with Crippen molar-refractivity contribution < 1.29 is 9.59 Å². The molecule has 5 nitrogen and oxygen atoms in total. The first-order valence-electron chi connectivity index (χ1n) is 9.23. The highest BCUT2D eigenvalue weighted by Crippen LogP contribution is 2.23. The Hall–Kier alpha value is -2.53. The van der Waals surface area contributed by atoms with Gasteiger partial charge in [-0.25, -0.2) is 0 Å². The van der Waals surface area contributed by atoms with Crippen LogP contribution in [0.25, 0.3) is 0 Å². The van der Waals surface area contributed by atoms with E-state index < -0.39 is 0 Å². The molecule has 0 unspecified atom stereocenters. The van der Waals surface area contributed by atoms with Gasteiger partial charge in [-0.15, -0.1) is 0 Å². The molecule has 2 aromatic carbocycles. The molecule has 2 N–H and O–H groups in total. The van der Waals surface area contributed by atoms with Gasteiger partial charge in [-0.2, -0.15) is 0 Å². The van der Waals surface area contributed by atoms with Gasteiger partial charge < -0.3 is 15.5 Å². The Morgan fingerprint density at radius 3 is 2.59 bits per heavy atom. The number of amides is 2. The molecule has 27 heavy (non-hydrogen) atoms. The molecule has 1 aliphatic rings. The zero-order chi connectivity index (χ0) is 19.2. The highest BCUT2D eigenvalue weighted by Gasteiger charge is 2.18. The average molecular weight is 386 g/mol. The number of anilines is 2. The van der Waals surface area contributed by atoms with Crippen LogP contribution in [0.1, 0.15) is 35.2 Å². The van der Waals surface area contributed by atoms with Gasteiger partial charge in [-0.1, -0.05) is 23.7 Å². The zero-order valence-electron chi connectivity index (χ0n) is 15.4. The monoisotopic (exact) mass is 385 g/mol. The van der Waals surface area contributed by atoms with E-state index in [0.29, 0.717) is 16.3 Å². The minimum Gasteiger partial charge on any atom is -0.376 e. The smallest absolute Gasteiger partial charge is 0.253 e. The van der Waals surface area contributed by atoms with Gasteiger partial charge in [0, 0.05) is 35.1 Å². The van der Waals surface area contributed by atoms with Crippen molar-refractivity contribution in [2.75, 3.05) is 30.3 Å². The molecule has 0 spiro atoms. The van der Waals surface area contributed by atoms with Gasteiger partial charge in [-0.3, -0.25) is 9.59 Å². The molecule has 1 fully saturated rings. The second-order valence-corrected chi connectivity index (χ2v) is 7.15. The van der Waals surface area contributed by atoms with Crippen LogP contribution in [0.3, 0.4) is 0 Å². The van der Waals surface area contributed by atoms with E-state index in [2.05, 4.69) is 10.6 Å². The van der Waals surface area contributed by atoms with Crippen molar-refractivity contribution in [3.8, 4) is 0 Å². The van der Waals surface area contributed by atoms with Crippen LogP contribution < -0.4 is 10.6 Å². The van der Waals surface area contributed by atoms with Crippen molar-refractivity contribution in [3.63, 3.8) is 0 Å².